The maximum absolute atomic E-state index is 13.0. The van der Waals surface area contributed by atoms with E-state index in [4.69, 9.17) is 9.47 Å². The number of ether oxygens (including phenoxy) is 2. The van der Waals surface area contributed by atoms with Gasteiger partial charge in [-0.25, -0.2) is 0 Å². The molecule has 2 amide bonds. The number of carbonyl (C=O) groups excluding carboxylic acids is 2. The van der Waals surface area contributed by atoms with Crippen LogP contribution >= 0.6 is 0 Å². The zero-order valence-electron chi connectivity index (χ0n) is 19.4. The first-order valence-corrected chi connectivity index (χ1v) is 11.3. The summed E-state index contributed by atoms with van der Waals surface area (Å²) in [5.74, 6) is 1.73. The normalized spacial score (nSPS) is 15.3. The summed E-state index contributed by atoms with van der Waals surface area (Å²) in [6, 6.07) is 15.3. The van der Waals surface area contributed by atoms with Crippen molar-refractivity contribution < 1.29 is 19.1 Å². The summed E-state index contributed by atoms with van der Waals surface area (Å²) in [7, 11) is 3.26. The molecule has 3 aromatic rings. The van der Waals surface area contributed by atoms with Gasteiger partial charge in [0.05, 0.1) is 14.2 Å². The van der Waals surface area contributed by atoms with Gasteiger partial charge in [-0.05, 0) is 54.7 Å². The largest absolute Gasteiger partial charge is 0.497 e. The van der Waals surface area contributed by atoms with Crippen LogP contribution in [0.2, 0.25) is 0 Å². The van der Waals surface area contributed by atoms with E-state index in [1.54, 1.807) is 14.2 Å². The molecule has 0 spiro atoms. The van der Waals surface area contributed by atoms with E-state index >= 15 is 0 Å². The Morgan fingerprint density at radius 1 is 1.06 bits per heavy atom. The zero-order chi connectivity index (χ0) is 23.4. The van der Waals surface area contributed by atoms with E-state index in [1.165, 1.54) is 0 Å². The van der Waals surface area contributed by atoms with Crippen LogP contribution in [0.25, 0.3) is 10.9 Å². The van der Waals surface area contributed by atoms with Gasteiger partial charge in [0.15, 0.2) is 0 Å². The first kappa shape index (κ1) is 22.7. The van der Waals surface area contributed by atoms with E-state index < -0.39 is 0 Å². The number of hydrogen-bond donors (Lipinski definition) is 2. The van der Waals surface area contributed by atoms with Crippen LogP contribution in [0, 0.1) is 11.8 Å². The molecule has 4 rings (SSSR count). The predicted molar refractivity (Wildman–Crippen MR) is 127 cm³/mol. The molecule has 2 N–H and O–H groups in total. The molecule has 0 saturated carbocycles. The fraction of sp³-hybridized carbons (Fsp3) is 0.385. The Morgan fingerprint density at radius 2 is 1.79 bits per heavy atom. The van der Waals surface area contributed by atoms with Crippen LogP contribution in [0.3, 0.4) is 0 Å². The molecule has 174 valence electrons. The van der Waals surface area contributed by atoms with E-state index in [2.05, 4.69) is 10.3 Å². The molecule has 1 saturated heterocycles. The number of piperidine rings is 1. The minimum atomic E-state index is -0.103. The van der Waals surface area contributed by atoms with Crippen molar-refractivity contribution in [3.05, 3.63) is 59.8 Å². The van der Waals surface area contributed by atoms with Gasteiger partial charge in [0.25, 0.3) is 5.91 Å². The predicted octanol–water partition coefficient (Wildman–Crippen LogP) is 3.99. The summed E-state index contributed by atoms with van der Waals surface area (Å²) in [6.45, 7) is 3.75. The van der Waals surface area contributed by atoms with Crippen LogP contribution in [0.15, 0.2) is 48.5 Å². The summed E-state index contributed by atoms with van der Waals surface area (Å²) < 4.78 is 10.5. The van der Waals surface area contributed by atoms with Crippen molar-refractivity contribution in [2.24, 2.45) is 11.8 Å². The van der Waals surface area contributed by atoms with Gasteiger partial charge in [0, 0.05) is 42.5 Å². The topological polar surface area (TPSA) is 83.7 Å². The summed E-state index contributed by atoms with van der Waals surface area (Å²) in [4.78, 5) is 30.8. The number of amides is 2. The molecule has 2 aromatic carbocycles. The highest BCUT2D eigenvalue weighted by Crippen LogP contribution is 2.27. The molecule has 1 fully saturated rings. The van der Waals surface area contributed by atoms with Crippen molar-refractivity contribution in [2.75, 3.05) is 27.3 Å². The number of benzene rings is 2. The summed E-state index contributed by atoms with van der Waals surface area (Å²) in [5.41, 5.74) is 2.47. The smallest absolute Gasteiger partial charge is 0.270 e. The van der Waals surface area contributed by atoms with Gasteiger partial charge < -0.3 is 24.7 Å². The number of aromatic nitrogens is 1. The minimum absolute atomic E-state index is 0.00116. The second-order valence-corrected chi connectivity index (χ2v) is 8.62. The lowest BCUT2D eigenvalue weighted by molar-refractivity contribution is -0.126. The molecule has 1 aliphatic rings. The third kappa shape index (κ3) is 5.13. The highest BCUT2D eigenvalue weighted by atomic mass is 16.5. The first-order chi connectivity index (χ1) is 16.0. The second kappa shape index (κ2) is 9.98. The lowest BCUT2D eigenvalue weighted by Crippen LogP contribution is -2.42. The average molecular weight is 450 g/mol. The van der Waals surface area contributed by atoms with Gasteiger partial charge in [-0.3, -0.25) is 9.59 Å². The van der Waals surface area contributed by atoms with Crippen molar-refractivity contribution in [3.8, 4) is 11.5 Å². The van der Waals surface area contributed by atoms with Crippen LogP contribution in [-0.2, 0) is 11.3 Å². The van der Waals surface area contributed by atoms with Gasteiger partial charge in [-0.15, -0.1) is 0 Å². The second-order valence-electron chi connectivity index (χ2n) is 8.62. The average Bonchev–Trinajstić information content (AvgIpc) is 3.30. The van der Waals surface area contributed by atoms with Gasteiger partial charge in [-0.2, -0.15) is 0 Å². The Hall–Kier alpha value is -3.48. The summed E-state index contributed by atoms with van der Waals surface area (Å²) >= 11 is 0. The first-order valence-electron chi connectivity index (χ1n) is 11.3. The molecular formula is C26H31N3O4. The van der Waals surface area contributed by atoms with Crippen molar-refractivity contribution in [2.45, 2.75) is 26.3 Å². The molecule has 1 aliphatic heterocycles. The number of likely N-dealkylation sites (tertiary alicyclic amines) is 1. The standard InChI is InChI=1S/C26H31N3O4/c1-17(25(30)27-16-18-5-4-6-21(13-18)32-2)19-9-11-29(12-10-19)26(31)24-14-20-7-8-22(33-3)15-23(20)28-24/h4-8,13-15,17,19,28H,9-12,16H2,1-3H3,(H,27,30)/t17-/m1/s1. The number of rotatable bonds is 7. The molecule has 33 heavy (non-hydrogen) atoms. The molecule has 7 nitrogen and oxygen atoms in total. The number of methoxy groups -OCH3 is 2. The number of nitrogens with one attached hydrogen (secondary N) is 2. The molecule has 7 heteroatoms. The fourth-order valence-corrected chi connectivity index (χ4v) is 4.47. The molecule has 1 atom stereocenters. The third-order valence-corrected chi connectivity index (χ3v) is 6.61. The SMILES string of the molecule is COc1cccc(CNC(=O)[C@H](C)C2CCN(C(=O)c3cc4ccc(OC)cc4[nH]3)CC2)c1. The number of hydrogen-bond acceptors (Lipinski definition) is 4. The Balaban J connectivity index is 1.30. The van der Waals surface area contributed by atoms with E-state index in [-0.39, 0.29) is 23.7 Å². The molecule has 0 unspecified atom stereocenters. The Kier molecular flexibility index (Phi) is 6.87. The molecule has 2 heterocycles. The van der Waals surface area contributed by atoms with Gasteiger partial charge in [0.1, 0.15) is 17.2 Å². The van der Waals surface area contributed by atoms with Crippen molar-refractivity contribution in [3.63, 3.8) is 0 Å². The minimum Gasteiger partial charge on any atom is -0.497 e. The number of nitrogens with zero attached hydrogens (tertiary/aromatic N) is 1. The maximum atomic E-state index is 13.0. The number of aromatic amines is 1. The molecule has 1 aromatic heterocycles. The molecule has 0 bridgehead atoms. The highest BCUT2D eigenvalue weighted by molar-refractivity contribution is 5.98. The Labute approximate surface area is 194 Å². The van der Waals surface area contributed by atoms with Crippen molar-refractivity contribution in [1.82, 2.24) is 15.2 Å². The number of H-pyrrole nitrogens is 1. The van der Waals surface area contributed by atoms with Crippen LogP contribution in [0.5, 0.6) is 11.5 Å². The summed E-state index contributed by atoms with van der Waals surface area (Å²) in [6.07, 6.45) is 1.63. The van der Waals surface area contributed by atoms with E-state index in [9.17, 15) is 9.59 Å². The van der Waals surface area contributed by atoms with Gasteiger partial charge >= 0.3 is 0 Å². The Morgan fingerprint density at radius 3 is 2.52 bits per heavy atom. The number of fused-ring (bicyclic) bond motifs is 1. The van der Waals surface area contributed by atoms with Gasteiger partial charge in [-0.1, -0.05) is 19.1 Å². The lowest BCUT2D eigenvalue weighted by Gasteiger charge is -2.34. The molecule has 0 aliphatic carbocycles. The maximum Gasteiger partial charge on any atom is 0.270 e. The van der Waals surface area contributed by atoms with Crippen molar-refractivity contribution >= 4 is 22.7 Å². The van der Waals surface area contributed by atoms with E-state index in [0.717, 1.165) is 40.8 Å². The molecule has 0 radical (unpaired) electrons. The molecular weight excluding hydrogens is 418 g/mol. The zero-order valence-corrected chi connectivity index (χ0v) is 19.4. The van der Waals surface area contributed by atoms with Crippen LogP contribution < -0.4 is 14.8 Å². The number of carbonyl (C=O) groups is 2. The van der Waals surface area contributed by atoms with Crippen LogP contribution in [-0.4, -0.2) is 49.0 Å². The third-order valence-electron chi connectivity index (χ3n) is 6.61. The van der Waals surface area contributed by atoms with Crippen LogP contribution in [0.4, 0.5) is 0 Å². The van der Waals surface area contributed by atoms with E-state index in [0.29, 0.717) is 25.3 Å². The highest BCUT2D eigenvalue weighted by Gasteiger charge is 2.30. The van der Waals surface area contributed by atoms with Crippen molar-refractivity contribution in [1.29, 1.82) is 0 Å². The monoisotopic (exact) mass is 449 g/mol. The lowest BCUT2D eigenvalue weighted by atomic mass is 9.84. The van der Waals surface area contributed by atoms with Gasteiger partial charge in [0.2, 0.25) is 5.91 Å². The fourth-order valence-electron chi connectivity index (χ4n) is 4.47. The quantitative estimate of drug-likeness (QED) is 0.571. The Bertz CT molecular complexity index is 1130. The van der Waals surface area contributed by atoms with E-state index in [1.807, 2.05) is 60.4 Å². The summed E-state index contributed by atoms with van der Waals surface area (Å²) in [5, 5.41) is 4.02. The van der Waals surface area contributed by atoms with Crippen LogP contribution in [0.1, 0.15) is 35.8 Å².